The lowest BCUT2D eigenvalue weighted by atomic mass is 10.1. The van der Waals surface area contributed by atoms with Crippen molar-refractivity contribution in [2.45, 2.75) is 13.1 Å². The summed E-state index contributed by atoms with van der Waals surface area (Å²) in [6, 6.07) is 8.46. The van der Waals surface area contributed by atoms with Crippen molar-refractivity contribution in [2.75, 3.05) is 26.8 Å². The molecule has 140 valence electrons. The van der Waals surface area contributed by atoms with Crippen molar-refractivity contribution < 1.29 is 27.4 Å². The third-order valence-corrected chi connectivity index (χ3v) is 3.66. The van der Waals surface area contributed by atoms with Crippen LogP contribution in [0.2, 0.25) is 0 Å². The highest BCUT2D eigenvalue weighted by Gasteiger charge is 2.33. The van der Waals surface area contributed by atoms with E-state index in [1.807, 2.05) is 0 Å². The van der Waals surface area contributed by atoms with E-state index in [1.54, 1.807) is 19.1 Å². The fourth-order valence-electron chi connectivity index (χ4n) is 2.33. The molecule has 0 aromatic heterocycles. The van der Waals surface area contributed by atoms with Crippen LogP contribution < -0.4 is 19.6 Å². The summed E-state index contributed by atoms with van der Waals surface area (Å²) in [6.45, 7) is 1.66. The average molecular weight is 368 g/mol. The van der Waals surface area contributed by atoms with Gasteiger partial charge in [-0.25, -0.2) is 0 Å². The van der Waals surface area contributed by atoms with E-state index in [2.05, 4.69) is 10.5 Å². The van der Waals surface area contributed by atoms with E-state index in [4.69, 9.17) is 14.2 Å². The van der Waals surface area contributed by atoms with Gasteiger partial charge in [0, 0.05) is 5.56 Å². The number of anilines is 1. The monoisotopic (exact) mass is 368 g/mol. The number of para-hydroxylation sites is 1. The Morgan fingerprint density at radius 1 is 0.962 bits per heavy atom. The van der Waals surface area contributed by atoms with E-state index < -0.39 is 11.7 Å². The Morgan fingerprint density at radius 3 is 2.04 bits per heavy atom. The fraction of sp³-hybridized carbons (Fsp3) is 0.278. The van der Waals surface area contributed by atoms with Gasteiger partial charge in [0.25, 0.3) is 0 Å². The number of alkyl halides is 3. The maximum atomic E-state index is 13.0. The highest BCUT2D eigenvalue weighted by molar-refractivity contribution is 6.00. The zero-order valence-electron chi connectivity index (χ0n) is 14.8. The molecule has 2 rings (SSSR count). The molecule has 0 atom stereocenters. The van der Waals surface area contributed by atoms with Crippen LogP contribution in [0.25, 0.3) is 0 Å². The molecule has 0 amide bonds. The lowest BCUT2D eigenvalue weighted by Crippen LogP contribution is -2.09. The van der Waals surface area contributed by atoms with Gasteiger partial charge in [-0.2, -0.15) is 18.3 Å². The van der Waals surface area contributed by atoms with Gasteiger partial charge in [-0.05, 0) is 31.2 Å². The summed E-state index contributed by atoms with van der Waals surface area (Å²) in [5.41, 5.74) is 2.61. The second-order valence-corrected chi connectivity index (χ2v) is 5.27. The summed E-state index contributed by atoms with van der Waals surface area (Å²) in [6.07, 6.45) is -4.47. The van der Waals surface area contributed by atoms with Gasteiger partial charge in [-0.3, -0.25) is 5.43 Å². The normalized spacial score (nSPS) is 11.9. The number of rotatable bonds is 6. The minimum Gasteiger partial charge on any atom is -0.493 e. The Bertz CT molecular complexity index is 780. The third-order valence-electron chi connectivity index (χ3n) is 3.66. The quantitative estimate of drug-likeness (QED) is 0.600. The number of halogens is 3. The Hall–Kier alpha value is -2.90. The van der Waals surface area contributed by atoms with Gasteiger partial charge in [0.1, 0.15) is 0 Å². The zero-order chi connectivity index (χ0) is 19.3. The maximum Gasteiger partial charge on any atom is 0.418 e. The molecule has 0 aliphatic rings. The molecule has 2 aromatic carbocycles. The summed E-state index contributed by atoms with van der Waals surface area (Å²) in [5, 5.41) is 4.06. The second-order valence-electron chi connectivity index (χ2n) is 5.27. The molecule has 5 nitrogen and oxygen atoms in total. The first-order chi connectivity index (χ1) is 12.3. The minimum atomic E-state index is -4.47. The molecule has 0 aliphatic carbocycles. The Balaban J connectivity index is 2.37. The molecule has 0 radical (unpaired) electrons. The summed E-state index contributed by atoms with van der Waals surface area (Å²) in [4.78, 5) is 0. The highest BCUT2D eigenvalue weighted by atomic mass is 19.4. The standard InChI is InChI=1S/C18H19F3N2O3/c1-11(12-9-15(24-2)17(26-4)16(10-12)25-3)22-23-14-8-6-5-7-13(14)18(19,20)21/h5-10,23H,1-4H3/b22-11+. The van der Waals surface area contributed by atoms with Crippen LogP contribution in [0.5, 0.6) is 17.2 Å². The van der Waals surface area contributed by atoms with Crippen molar-refractivity contribution in [1.29, 1.82) is 0 Å². The number of ether oxygens (including phenoxy) is 3. The highest BCUT2D eigenvalue weighted by Crippen LogP contribution is 2.38. The number of methoxy groups -OCH3 is 3. The number of hydrogen-bond acceptors (Lipinski definition) is 5. The lowest BCUT2D eigenvalue weighted by Gasteiger charge is -2.15. The molecule has 0 unspecified atom stereocenters. The van der Waals surface area contributed by atoms with Crippen molar-refractivity contribution >= 4 is 11.4 Å². The van der Waals surface area contributed by atoms with Crippen LogP contribution in [0.3, 0.4) is 0 Å². The molecular weight excluding hydrogens is 349 g/mol. The van der Waals surface area contributed by atoms with Crippen LogP contribution in [0.1, 0.15) is 18.1 Å². The van der Waals surface area contributed by atoms with E-state index in [-0.39, 0.29) is 5.69 Å². The van der Waals surface area contributed by atoms with Crippen molar-refractivity contribution in [3.63, 3.8) is 0 Å². The molecule has 0 heterocycles. The smallest absolute Gasteiger partial charge is 0.418 e. The van der Waals surface area contributed by atoms with E-state index in [0.29, 0.717) is 28.5 Å². The van der Waals surface area contributed by atoms with Gasteiger partial charge in [-0.15, -0.1) is 0 Å². The van der Waals surface area contributed by atoms with Gasteiger partial charge < -0.3 is 14.2 Å². The predicted molar refractivity (Wildman–Crippen MR) is 93.4 cm³/mol. The SMILES string of the molecule is COc1cc(/C(C)=N/Nc2ccccc2C(F)(F)F)cc(OC)c1OC. The maximum absolute atomic E-state index is 13.0. The molecular formula is C18H19F3N2O3. The van der Waals surface area contributed by atoms with Crippen molar-refractivity contribution in [2.24, 2.45) is 5.10 Å². The third kappa shape index (κ3) is 4.19. The van der Waals surface area contributed by atoms with Gasteiger partial charge in [0.05, 0.1) is 38.3 Å². The van der Waals surface area contributed by atoms with Crippen LogP contribution in [0.15, 0.2) is 41.5 Å². The lowest BCUT2D eigenvalue weighted by molar-refractivity contribution is -0.136. The van der Waals surface area contributed by atoms with Crippen LogP contribution in [-0.4, -0.2) is 27.0 Å². The molecule has 0 aliphatic heterocycles. The van der Waals surface area contributed by atoms with E-state index in [0.717, 1.165) is 6.07 Å². The number of benzene rings is 2. The van der Waals surface area contributed by atoms with Crippen LogP contribution in [0, 0.1) is 0 Å². The molecule has 26 heavy (non-hydrogen) atoms. The summed E-state index contributed by atoms with van der Waals surface area (Å²) < 4.78 is 54.9. The summed E-state index contributed by atoms with van der Waals surface area (Å²) >= 11 is 0. The predicted octanol–water partition coefficient (Wildman–Crippen LogP) is 4.57. The first-order valence-electron chi connectivity index (χ1n) is 7.58. The van der Waals surface area contributed by atoms with Gasteiger partial charge >= 0.3 is 6.18 Å². The minimum absolute atomic E-state index is 0.133. The van der Waals surface area contributed by atoms with Gasteiger partial charge in [-0.1, -0.05) is 12.1 Å². The van der Waals surface area contributed by atoms with E-state index in [1.165, 1.54) is 39.5 Å². The first-order valence-corrected chi connectivity index (χ1v) is 7.58. The van der Waals surface area contributed by atoms with Crippen LogP contribution in [-0.2, 0) is 6.18 Å². The van der Waals surface area contributed by atoms with E-state index in [9.17, 15) is 13.2 Å². The first kappa shape index (κ1) is 19.4. The van der Waals surface area contributed by atoms with Crippen molar-refractivity contribution in [3.05, 3.63) is 47.5 Å². The molecule has 0 bridgehead atoms. The number of nitrogens with one attached hydrogen (secondary N) is 1. The van der Waals surface area contributed by atoms with Gasteiger partial charge in [0.2, 0.25) is 5.75 Å². The van der Waals surface area contributed by atoms with Crippen LogP contribution in [0.4, 0.5) is 18.9 Å². The molecule has 1 N–H and O–H groups in total. The number of hydrogen-bond donors (Lipinski definition) is 1. The summed E-state index contributed by atoms with van der Waals surface area (Å²) in [5.74, 6) is 1.26. The average Bonchev–Trinajstić information content (AvgIpc) is 2.64. The molecule has 0 saturated heterocycles. The van der Waals surface area contributed by atoms with Crippen LogP contribution >= 0.6 is 0 Å². The van der Waals surface area contributed by atoms with E-state index >= 15 is 0 Å². The topological polar surface area (TPSA) is 52.1 Å². The Kier molecular flexibility index (Phi) is 5.97. The Morgan fingerprint density at radius 2 is 1.54 bits per heavy atom. The molecule has 8 heteroatoms. The van der Waals surface area contributed by atoms with Crippen molar-refractivity contribution in [3.8, 4) is 17.2 Å². The second kappa shape index (κ2) is 7.99. The number of hydrazone groups is 1. The molecule has 0 fully saturated rings. The Labute approximate surface area is 149 Å². The van der Waals surface area contributed by atoms with Gasteiger partial charge in [0.15, 0.2) is 11.5 Å². The molecule has 0 saturated carbocycles. The molecule has 2 aromatic rings. The largest absolute Gasteiger partial charge is 0.493 e. The zero-order valence-corrected chi connectivity index (χ0v) is 14.8. The molecule has 0 spiro atoms. The number of nitrogens with zero attached hydrogens (tertiary/aromatic N) is 1. The summed E-state index contributed by atoms with van der Waals surface area (Å²) in [7, 11) is 4.44. The fourth-order valence-corrected chi connectivity index (χ4v) is 2.33. The van der Waals surface area contributed by atoms with Crippen molar-refractivity contribution in [1.82, 2.24) is 0 Å².